The van der Waals surface area contributed by atoms with E-state index in [2.05, 4.69) is 33.3 Å². The highest BCUT2D eigenvalue weighted by Crippen LogP contribution is 2.18. The smallest absolute Gasteiger partial charge is 0.177 e. The number of aromatic nitrogens is 3. The molecular formula is C13H18N4. The van der Waals surface area contributed by atoms with Crippen molar-refractivity contribution >= 4 is 11.2 Å². The van der Waals surface area contributed by atoms with Gasteiger partial charge in [0, 0.05) is 12.6 Å². The fraction of sp³-hybridized carbons (Fsp3) is 0.538. The number of piperidine rings is 1. The molecular weight excluding hydrogens is 212 g/mol. The van der Waals surface area contributed by atoms with E-state index in [4.69, 9.17) is 0 Å². The van der Waals surface area contributed by atoms with E-state index in [9.17, 15) is 0 Å². The molecule has 0 aromatic carbocycles. The SMILES string of the molecule is Cc1cnc2nc(CC3CCNCC3)[nH]c2c1. The minimum atomic E-state index is 0.762. The standard InChI is InChI=1S/C13H18N4/c1-9-6-11-13(15-8-9)17-12(16-11)7-10-2-4-14-5-3-10/h6,8,10,14H,2-5,7H2,1H3,(H,15,16,17). The van der Waals surface area contributed by atoms with Gasteiger partial charge in [-0.25, -0.2) is 9.97 Å². The summed E-state index contributed by atoms with van der Waals surface area (Å²) in [4.78, 5) is 12.3. The first-order chi connectivity index (χ1) is 8.31. The third-order valence-corrected chi connectivity index (χ3v) is 3.46. The van der Waals surface area contributed by atoms with Crippen molar-refractivity contribution in [3.05, 3.63) is 23.7 Å². The van der Waals surface area contributed by atoms with Crippen LogP contribution in [0, 0.1) is 12.8 Å². The number of nitrogens with one attached hydrogen (secondary N) is 2. The van der Waals surface area contributed by atoms with Gasteiger partial charge in [-0.15, -0.1) is 0 Å². The lowest BCUT2D eigenvalue weighted by molar-refractivity contribution is 0.368. The Morgan fingerprint density at radius 1 is 1.35 bits per heavy atom. The van der Waals surface area contributed by atoms with Crippen LogP contribution in [0.3, 0.4) is 0 Å². The summed E-state index contributed by atoms with van der Waals surface area (Å²) in [6.07, 6.45) is 5.43. The number of fused-ring (bicyclic) bond motifs is 1. The number of imidazole rings is 1. The minimum Gasteiger partial charge on any atom is -0.341 e. The van der Waals surface area contributed by atoms with Crippen LogP contribution in [-0.4, -0.2) is 28.0 Å². The van der Waals surface area contributed by atoms with Crippen LogP contribution in [-0.2, 0) is 6.42 Å². The van der Waals surface area contributed by atoms with Crippen LogP contribution in [0.4, 0.5) is 0 Å². The van der Waals surface area contributed by atoms with Crippen molar-refractivity contribution in [2.45, 2.75) is 26.2 Å². The molecule has 0 unspecified atom stereocenters. The maximum atomic E-state index is 4.56. The van der Waals surface area contributed by atoms with Crippen molar-refractivity contribution in [3.63, 3.8) is 0 Å². The summed E-state index contributed by atoms with van der Waals surface area (Å²) < 4.78 is 0. The molecule has 0 aliphatic carbocycles. The Labute approximate surface area is 101 Å². The summed E-state index contributed by atoms with van der Waals surface area (Å²) >= 11 is 0. The van der Waals surface area contributed by atoms with Crippen molar-refractivity contribution in [1.82, 2.24) is 20.3 Å². The second kappa shape index (κ2) is 4.45. The molecule has 4 heteroatoms. The van der Waals surface area contributed by atoms with Gasteiger partial charge in [0.2, 0.25) is 0 Å². The molecule has 4 nitrogen and oxygen atoms in total. The summed E-state index contributed by atoms with van der Waals surface area (Å²) in [5, 5.41) is 3.39. The Kier molecular flexibility index (Phi) is 2.81. The summed E-state index contributed by atoms with van der Waals surface area (Å²) in [6.45, 7) is 4.34. The maximum Gasteiger partial charge on any atom is 0.177 e. The van der Waals surface area contributed by atoms with Crippen molar-refractivity contribution in [2.75, 3.05) is 13.1 Å². The van der Waals surface area contributed by atoms with Crippen molar-refractivity contribution in [2.24, 2.45) is 5.92 Å². The van der Waals surface area contributed by atoms with Crippen LogP contribution < -0.4 is 5.32 Å². The van der Waals surface area contributed by atoms with Gasteiger partial charge in [-0.05, 0) is 50.4 Å². The van der Waals surface area contributed by atoms with Gasteiger partial charge in [0.05, 0.1) is 5.52 Å². The maximum absolute atomic E-state index is 4.56. The molecule has 0 spiro atoms. The molecule has 0 bridgehead atoms. The summed E-state index contributed by atoms with van der Waals surface area (Å²) in [5.41, 5.74) is 3.09. The minimum absolute atomic E-state index is 0.762. The summed E-state index contributed by atoms with van der Waals surface area (Å²) in [7, 11) is 0. The Morgan fingerprint density at radius 3 is 3.00 bits per heavy atom. The zero-order chi connectivity index (χ0) is 11.7. The topological polar surface area (TPSA) is 53.6 Å². The van der Waals surface area contributed by atoms with Crippen LogP contribution in [0.5, 0.6) is 0 Å². The molecule has 1 saturated heterocycles. The monoisotopic (exact) mass is 230 g/mol. The molecule has 0 atom stereocenters. The van der Waals surface area contributed by atoms with Crippen LogP contribution in [0.15, 0.2) is 12.3 Å². The molecule has 2 aromatic heterocycles. The molecule has 1 aliphatic heterocycles. The van der Waals surface area contributed by atoms with Gasteiger partial charge in [-0.1, -0.05) is 0 Å². The number of pyridine rings is 1. The number of hydrogen-bond acceptors (Lipinski definition) is 3. The highest BCUT2D eigenvalue weighted by molar-refractivity contribution is 5.70. The number of nitrogens with zero attached hydrogens (tertiary/aromatic N) is 2. The Balaban J connectivity index is 1.80. The molecule has 0 saturated carbocycles. The van der Waals surface area contributed by atoms with Gasteiger partial charge < -0.3 is 10.3 Å². The van der Waals surface area contributed by atoms with Crippen LogP contribution >= 0.6 is 0 Å². The third-order valence-electron chi connectivity index (χ3n) is 3.46. The van der Waals surface area contributed by atoms with E-state index < -0.39 is 0 Å². The molecule has 3 heterocycles. The average molecular weight is 230 g/mol. The molecule has 0 radical (unpaired) electrons. The van der Waals surface area contributed by atoms with E-state index >= 15 is 0 Å². The lowest BCUT2D eigenvalue weighted by atomic mass is 9.94. The van der Waals surface area contributed by atoms with Gasteiger partial charge in [0.25, 0.3) is 0 Å². The molecule has 90 valence electrons. The first-order valence-electron chi connectivity index (χ1n) is 6.33. The number of aryl methyl sites for hydroxylation is 1. The van der Waals surface area contributed by atoms with Crippen molar-refractivity contribution in [1.29, 1.82) is 0 Å². The number of rotatable bonds is 2. The Morgan fingerprint density at radius 2 is 2.18 bits per heavy atom. The van der Waals surface area contributed by atoms with Crippen LogP contribution in [0.25, 0.3) is 11.2 Å². The van der Waals surface area contributed by atoms with Gasteiger partial charge in [-0.2, -0.15) is 0 Å². The zero-order valence-corrected chi connectivity index (χ0v) is 10.2. The second-order valence-electron chi connectivity index (χ2n) is 4.96. The van der Waals surface area contributed by atoms with Crippen molar-refractivity contribution in [3.8, 4) is 0 Å². The van der Waals surface area contributed by atoms with E-state index in [1.807, 2.05) is 6.20 Å². The molecule has 2 N–H and O–H groups in total. The zero-order valence-electron chi connectivity index (χ0n) is 10.2. The molecule has 17 heavy (non-hydrogen) atoms. The fourth-order valence-electron chi connectivity index (χ4n) is 2.51. The molecule has 3 rings (SSSR count). The van der Waals surface area contributed by atoms with E-state index in [-0.39, 0.29) is 0 Å². The summed E-state index contributed by atoms with van der Waals surface area (Å²) in [5.74, 6) is 1.85. The van der Waals surface area contributed by atoms with E-state index in [0.717, 1.165) is 42.4 Å². The number of hydrogen-bond donors (Lipinski definition) is 2. The Hall–Kier alpha value is -1.42. The highest BCUT2D eigenvalue weighted by Gasteiger charge is 2.15. The van der Waals surface area contributed by atoms with Crippen LogP contribution in [0.2, 0.25) is 0 Å². The quantitative estimate of drug-likeness (QED) is 0.827. The van der Waals surface area contributed by atoms with E-state index in [0.29, 0.717) is 0 Å². The third kappa shape index (κ3) is 2.31. The van der Waals surface area contributed by atoms with E-state index in [1.165, 1.54) is 18.4 Å². The van der Waals surface area contributed by atoms with Gasteiger partial charge in [0.15, 0.2) is 5.65 Å². The second-order valence-corrected chi connectivity index (χ2v) is 4.96. The first-order valence-corrected chi connectivity index (χ1v) is 6.33. The fourth-order valence-corrected chi connectivity index (χ4v) is 2.51. The van der Waals surface area contributed by atoms with Gasteiger partial charge >= 0.3 is 0 Å². The number of aromatic amines is 1. The largest absolute Gasteiger partial charge is 0.341 e. The van der Waals surface area contributed by atoms with Crippen molar-refractivity contribution < 1.29 is 0 Å². The normalized spacial score (nSPS) is 17.7. The highest BCUT2D eigenvalue weighted by atomic mass is 15.0. The lowest BCUT2D eigenvalue weighted by Gasteiger charge is -2.21. The average Bonchev–Trinajstić information content (AvgIpc) is 2.71. The van der Waals surface area contributed by atoms with Gasteiger partial charge in [0.1, 0.15) is 5.82 Å². The summed E-state index contributed by atoms with van der Waals surface area (Å²) in [6, 6.07) is 2.11. The molecule has 1 fully saturated rings. The predicted octanol–water partition coefficient (Wildman–Crippen LogP) is 1.81. The predicted molar refractivity (Wildman–Crippen MR) is 67.9 cm³/mol. The number of H-pyrrole nitrogens is 1. The first kappa shape index (κ1) is 10.7. The molecule has 0 amide bonds. The lowest BCUT2D eigenvalue weighted by Crippen LogP contribution is -2.28. The molecule has 1 aliphatic rings. The van der Waals surface area contributed by atoms with Crippen LogP contribution in [0.1, 0.15) is 24.2 Å². The Bertz CT molecular complexity index is 511. The van der Waals surface area contributed by atoms with Gasteiger partial charge in [-0.3, -0.25) is 0 Å². The van der Waals surface area contributed by atoms with E-state index in [1.54, 1.807) is 0 Å². The molecule has 2 aromatic rings.